The smallest absolute Gasteiger partial charge is 0.165 e. The van der Waals surface area contributed by atoms with E-state index in [0.717, 1.165) is 5.56 Å². The van der Waals surface area contributed by atoms with Crippen LogP contribution in [0.4, 0.5) is 5.69 Å². The summed E-state index contributed by atoms with van der Waals surface area (Å²) in [5.41, 5.74) is 7.12. The molecule has 0 radical (unpaired) electrons. The van der Waals surface area contributed by atoms with Crippen molar-refractivity contribution in [3.8, 4) is 17.6 Å². The van der Waals surface area contributed by atoms with Crippen LogP contribution >= 0.6 is 0 Å². The van der Waals surface area contributed by atoms with Crippen LogP contribution in [0.5, 0.6) is 11.5 Å². The number of nitrogens with zero attached hydrogens (tertiary/aromatic N) is 3. The summed E-state index contributed by atoms with van der Waals surface area (Å²) >= 11 is 0. The van der Waals surface area contributed by atoms with Gasteiger partial charge in [-0.3, -0.25) is 4.68 Å². The van der Waals surface area contributed by atoms with Gasteiger partial charge >= 0.3 is 0 Å². The molecule has 0 atom stereocenters. The van der Waals surface area contributed by atoms with E-state index in [-0.39, 0.29) is 6.42 Å². The first-order valence-corrected chi connectivity index (χ1v) is 5.11. The lowest BCUT2D eigenvalue weighted by Crippen LogP contribution is -1.94. The van der Waals surface area contributed by atoms with Crippen molar-refractivity contribution in [1.82, 2.24) is 9.78 Å². The summed E-state index contributed by atoms with van der Waals surface area (Å²) in [6.45, 7) is 0. The summed E-state index contributed by atoms with van der Waals surface area (Å²) in [6, 6.07) is 7.34. The predicted molar refractivity (Wildman–Crippen MR) is 63.5 cm³/mol. The van der Waals surface area contributed by atoms with Crippen LogP contribution in [-0.2, 0) is 13.5 Å². The molecule has 2 aromatic rings. The molecular formula is C12H12N4O. The molecule has 2 rings (SSSR count). The van der Waals surface area contributed by atoms with Crippen molar-refractivity contribution in [2.75, 3.05) is 5.73 Å². The Morgan fingerprint density at radius 2 is 2.29 bits per heavy atom. The van der Waals surface area contributed by atoms with Gasteiger partial charge in [-0.1, -0.05) is 0 Å². The van der Waals surface area contributed by atoms with E-state index in [1.807, 2.05) is 7.05 Å². The van der Waals surface area contributed by atoms with Crippen molar-refractivity contribution < 1.29 is 4.74 Å². The summed E-state index contributed by atoms with van der Waals surface area (Å²) in [6.07, 6.45) is 3.66. The lowest BCUT2D eigenvalue weighted by atomic mass is 10.1. The van der Waals surface area contributed by atoms with E-state index in [1.54, 1.807) is 35.3 Å². The molecule has 5 heteroatoms. The number of aryl methyl sites for hydroxylation is 1. The Balaban J connectivity index is 2.22. The zero-order chi connectivity index (χ0) is 12.3. The summed E-state index contributed by atoms with van der Waals surface area (Å²) in [7, 11) is 1.82. The van der Waals surface area contributed by atoms with E-state index in [4.69, 9.17) is 15.7 Å². The van der Waals surface area contributed by atoms with Gasteiger partial charge in [0.25, 0.3) is 0 Å². The molecule has 0 saturated carbocycles. The van der Waals surface area contributed by atoms with Gasteiger partial charge in [0, 0.05) is 12.7 Å². The minimum Gasteiger partial charge on any atom is -0.454 e. The largest absolute Gasteiger partial charge is 0.454 e. The second kappa shape index (κ2) is 4.58. The predicted octanol–water partition coefficient (Wildman–Crippen LogP) is 1.86. The van der Waals surface area contributed by atoms with Crippen molar-refractivity contribution >= 4 is 5.69 Å². The number of aromatic nitrogens is 2. The first-order valence-electron chi connectivity index (χ1n) is 5.11. The van der Waals surface area contributed by atoms with Gasteiger partial charge in [0.2, 0.25) is 0 Å². The molecule has 0 spiro atoms. The molecule has 1 aromatic carbocycles. The molecule has 0 saturated heterocycles. The zero-order valence-corrected chi connectivity index (χ0v) is 9.42. The quantitative estimate of drug-likeness (QED) is 0.813. The minimum atomic E-state index is 0.274. The second-order valence-electron chi connectivity index (χ2n) is 3.65. The third kappa shape index (κ3) is 2.55. The number of rotatable bonds is 3. The molecule has 0 bridgehead atoms. The second-order valence-corrected chi connectivity index (χ2v) is 3.65. The molecule has 1 heterocycles. The van der Waals surface area contributed by atoms with Crippen LogP contribution in [0.2, 0.25) is 0 Å². The summed E-state index contributed by atoms with van der Waals surface area (Å²) in [5.74, 6) is 1.30. The van der Waals surface area contributed by atoms with Gasteiger partial charge in [-0.2, -0.15) is 10.4 Å². The minimum absolute atomic E-state index is 0.274. The van der Waals surface area contributed by atoms with Crippen LogP contribution in [0.3, 0.4) is 0 Å². The number of ether oxygens (including phenoxy) is 1. The van der Waals surface area contributed by atoms with Gasteiger partial charge in [0.1, 0.15) is 5.75 Å². The first kappa shape index (κ1) is 11.0. The molecule has 1 aromatic heterocycles. The third-order valence-electron chi connectivity index (χ3n) is 2.30. The fraction of sp³-hybridized carbons (Fsp3) is 0.167. The Bertz CT molecular complexity index is 568. The maximum absolute atomic E-state index is 8.67. The third-order valence-corrected chi connectivity index (χ3v) is 2.30. The van der Waals surface area contributed by atoms with Gasteiger partial charge in [-0.05, 0) is 23.8 Å². The van der Waals surface area contributed by atoms with Crippen LogP contribution in [0.1, 0.15) is 5.56 Å². The van der Waals surface area contributed by atoms with Gasteiger partial charge in [0.15, 0.2) is 5.75 Å². The Hall–Kier alpha value is -2.48. The van der Waals surface area contributed by atoms with E-state index in [9.17, 15) is 0 Å². The monoisotopic (exact) mass is 228 g/mol. The molecule has 86 valence electrons. The molecule has 5 nitrogen and oxygen atoms in total. The summed E-state index contributed by atoms with van der Waals surface area (Å²) in [5, 5.41) is 12.7. The highest BCUT2D eigenvalue weighted by molar-refractivity contribution is 5.52. The molecule has 0 aliphatic carbocycles. The number of benzene rings is 1. The Labute approximate surface area is 99.0 Å². The highest BCUT2D eigenvalue weighted by atomic mass is 16.5. The van der Waals surface area contributed by atoms with E-state index in [1.165, 1.54) is 0 Å². The van der Waals surface area contributed by atoms with Gasteiger partial charge in [-0.15, -0.1) is 0 Å². The molecule has 0 aliphatic heterocycles. The summed E-state index contributed by atoms with van der Waals surface area (Å²) in [4.78, 5) is 0. The topological polar surface area (TPSA) is 76.9 Å². The average molecular weight is 228 g/mol. The van der Waals surface area contributed by atoms with E-state index in [2.05, 4.69) is 11.2 Å². The SMILES string of the molecule is Cn1cc(Oc2ccc(N)c(CC#N)c2)cn1. The molecule has 0 aliphatic rings. The Morgan fingerprint density at radius 3 is 2.94 bits per heavy atom. The number of nitrogens with two attached hydrogens (primary N) is 1. The lowest BCUT2D eigenvalue weighted by molar-refractivity contribution is 0.481. The highest BCUT2D eigenvalue weighted by Crippen LogP contribution is 2.24. The van der Waals surface area contributed by atoms with Crippen molar-refractivity contribution in [1.29, 1.82) is 5.26 Å². The van der Waals surface area contributed by atoms with Crippen molar-refractivity contribution in [3.05, 3.63) is 36.2 Å². The standard InChI is InChI=1S/C12H12N4O/c1-16-8-11(7-15-16)17-10-2-3-12(14)9(6-10)4-5-13/h2-3,6-8H,4,14H2,1H3. The normalized spacial score (nSPS) is 9.88. The van der Waals surface area contributed by atoms with Crippen molar-refractivity contribution in [3.63, 3.8) is 0 Å². The number of hydrogen-bond donors (Lipinski definition) is 1. The molecular weight excluding hydrogens is 216 g/mol. The zero-order valence-electron chi connectivity index (χ0n) is 9.42. The number of nitriles is 1. The van der Waals surface area contributed by atoms with Crippen molar-refractivity contribution in [2.24, 2.45) is 7.05 Å². The number of nitrogen functional groups attached to an aromatic ring is 1. The fourth-order valence-corrected chi connectivity index (χ4v) is 1.47. The highest BCUT2D eigenvalue weighted by Gasteiger charge is 2.04. The first-order chi connectivity index (χ1) is 8.19. The number of hydrogen-bond acceptors (Lipinski definition) is 4. The molecule has 0 fully saturated rings. The van der Waals surface area contributed by atoms with Crippen LogP contribution < -0.4 is 10.5 Å². The van der Waals surface area contributed by atoms with Crippen LogP contribution in [0.15, 0.2) is 30.6 Å². The molecule has 0 unspecified atom stereocenters. The fourth-order valence-electron chi connectivity index (χ4n) is 1.47. The Kier molecular flexibility index (Phi) is 2.97. The average Bonchev–Trinajstić information content (AvgIpc) is 2.69. The lowest BCUT2D eigenvalue weighted by Gasteiger charge is -2.06. The van der Waals surface area contributed by atoms with Crippen LogP contribution in [0, 0.1) is 11.3 Å². The molecule has 0 amide bonds. The summed E-state index contributed by atoms with van der Waals surface area (Å²) < 4.78 is 7.25. The number of anilines is 1. The van der Waals surface area contributed by atoms with Gasteiger partial charge in [0.05, 0.1) is 24.9 Å². The van der Waals surface area contributed by atoms with Crippen molar-refractivity contribution in [2.45, 2.75) is 6.42 Å². The van der Waals surface area contributed by atoms with E-state index >= 15 is 0 Å². The molecule has 17 heavy (non-hydrogen) atoms. The maximum atomic E-state index is 8.67. The van der Waals surface area contributed by atoms with E-state index < -0.39 is 0 Å². The van der Waals surface area contributed by atoms with Crippen LogP contribution in [-0.4, -0.2) is 9.78 Å². The molecule has 2 N–H and O–H groups in total. The van der Waals surface area contributed by atoms with E-state index in [0.29, 0.717) is 17.2 Å². The Morgan fingerprint density at radius 1 is 1.47 bits per heavy atom. The van der Waals surface area contributed by atoms with Gasteiger partial charge in [-0.25, -0.2) is 0 Å². The van der Waals surface area contributed by atoms with Gasteiger partial charge < -0.3 is 10.5 Å². The maximum Gasteiger partial charge on any atom is 0.165 e. The van der Waals surface area contributed by atoms with Crippen LogP contribution in [0.25, 0.3) is 0 Å².